The molecule has 2 aliphatic rings. The van der Waals surface area contributed by atoms with Gasteiger partial charge in [0.2, 0.25) is 5.91 Å². The number of hydrogen-bond acceptors (Lipinski definition) is 3. The van der Waals surface area contributed by atoms with Gasteiger partial charge in [0.1, 0.15) is 5.54 Å². The zero-order chi connectivity index (χ0) is 14.0. The molecule has 4 heteroatoms. The van der Waals surface area contributed by atoms with Crippen molar-refractivity contribution in [2.45, 2.75) is 57.5 Å². The number of hydrogen-bond donors (Lipinski definition) is 2. The van der Waals surface area contributed by atoms with Crippen LogP contribution in [-0.2, 0) is 4.79 Å². The molecule has 0 bridgehead atoms. The molecule has 0 spiro atoms. The van der Waals surface area contributed by atoms with Crippen molar-refractivity contribution in [3.8, 4) is 0 Å². The third kappa shape index (κ3) is 3.93. The van der Waals surface area contributed by atoms with E-state index in [-0.39, 0.29) is 5.91 Å². The summed E-state index contributed by atoms with van der Waals surface area (Å²) in [7, 11) is 2.11. The Morgan fingerprint density at radius 2 is 2.00 bits per heavy atom. The topological polar surface area (TPSA) is 58.4 Å². The van der Waals surface area contributed by atoms with Crippen LogP contribution in [0.3, 0.4) is 0 Å². The summed E-state index contributed by atoms with van der Waals surface area (Å²) in [6, 6.07) is 0.520. The van der Waals surface area contributed by atoms with E-state index in [1.807, 2.05) is 0 Å². The lowest BCUT2D eigenvalue weighted by Gasteiger charge is -2.36. The minimum Gasteiger partial charge on any atom is -0.368 e. The highest BCUT2D eigenvalue weighted by molar-refractivity contribution is 5.86. The number of nitrogens with zero attached hydrogens (tertiary/aromatic N) is 1. The first-order chi connectivity index (χ1) is 8.94. The van der Waals surface area contributed by atoms with Gasteiger partial charge in [-0.2, -0.15) is 0 Å². The Balaban J connectivity index is 1.97. The third-order valence-corrected chi connectivity index (χ3v) is 4.36. The van der Waals surface area contributed by atoms with Crippen molar-refractivity contribution in [3.63, 3.8) is 0 Å². The maximum absolute atomic E-state index is 12.1. The smallest absolute Gasteiger partial charge is 0.239 e. The van der Waals surface area contributed by atoms with E-state index in [2.05, 4.69) is 31.1 Å². The summed E-state index contributed by atoms with van der Waals surface area (Å²) in [5.74, 6) is 0.994. The number of carbonyl (C=O) groups is 1. The summed E-state index contributed by atoms with van der Waals surface area (Å²) >= 11 is 0. The monoisotopic (exact) mass is 267 g/mol. The van der Waals surface area contributed by atoms with Gasteiger partial charge in [-0.25, -0.2) is 0 Å². The van der Waals surface area contributed by atoms with Crippen LogP contribution >= 0.6 is 0 Å². The summed E-state index contributed by atoms with van der Waals surface area (Å²) in [5, 5.41) is 3.57. The van der Waals surface area contributed by atoms with Gasteiger partial charge < -0.3 is 10.6 Å². The molecule has 0 heterocycles. The molecule has 110 valence electrons. The molecular weight excluding hydrogens is 238 g/mol. The quantitative estimate of drug-likeness (QED) is 0.663. The van der Waals surface area contributed by atoms with Crippen molar-refractivity contribution < 1.29 is 4.79 Å². The Kier molecular flexibility index (Phi) is 4.51. The summed E-state index contributed by atoms with van der Waals surface area (Å²) < 4.78 is 0. The van der Waals surface area contributed by atoms with E-state index in [9.17, 15) is 4.79 Å². The summed E-state index contributed by atoms with van der Waals surface area (Å²) in [5.41, 5.74) is 5.29. The number of primary amides is 1. The molecular formula is C15H29N3O. The van der Waals surface area contributed by atoms with Gasteiger partial charge in [-0.1, -0.05) is 13.8 Å². The molecule has 0 aromatic heterocycles. The molecule has 1 unspecified atom stereocenters. The second-order valence-electron chi connectivity index (χ2n) is 6.95. The van der Waals surface area contributed by atoms with E-state index in [0.717, 1.165) is 25.9 Å². The van der Waals surface area contributed by atoms with Crippen LogP contribution in [0, 0.1) is 11.8 Å². The Morgan fingerprint density at radius 3 is 2.42 bits per heavy atom. The van der Waals surface area contributed by atoms with Gasteiger partial charge in [-0.05, 0) is 57.5 Å². The minimum absolute atomic E-state index is 0.154. The maximum Gasteiger partial charge on any atom is 0.239 e. The molecule has 0 aromatic carbocycles. The molecule has 2 fully saturated rings. The normalized spacial score (nSPS) is 22.8. The molecule has 4 nitrogen and oxygen atoms in total. The number of nitrogens with two attached hydrogens (primary N) is 1. The van der Waals surface area contributed by atoms with Crippen molar-refractivity contribution in [2.24, 2.45) is 17.6 Å². The lowest BCUT2D eigenvalue weighted by molar-refractivity contribution is -0.126. The molecule has 1 amide bonds. The van der Waals surface area contributed by atoms with Crippen LogP contribution in [0.2, 0.25) is 0 Å². The van der Waals surface area contributed by atoms with Crippen LogP contribution in [0.15, 0.2) is 0 Å². The molecule has 19 heavy (non-hydrogen) atoms. The fraction of sp³-hybridized carbons (Fsp3) is 0.933. The fourth-order valence-corrected chi connectivity index (χ4v) is 2.79. The van der Waals surface area contributed by atoms with Crippen molar-refractivity contribution >= 4 is 5.91 Å². The average Bonchev–Trinajstić information content (AvgIpc) is 3.16. The van der Waals surface area contributed by atoms with Crippen LogP contribution in [0.4, 0.5) is 0 Å². The van der Waals surface area contributed by atoms with Gasteiger partial charge in [-0.3, -0.25) is 10.1 Å². The molecule has 0 aliphatic heterocycles. The standard InChI is InChI=1S/C15H29N3O/c1-11(2)8-9-18(3)10-15(14(16)19,12-4-5-12)17-13-6-7-13/h11-13,17H,4-10H2,1-3H3,(H2,16,19). The second-order valence-corrected chi connectivity index (χ2v) is 6.95. The molecule has 0 saturated heterocycles. The van der Waals surface area contributed by atoms with Crippen molar-refractivity contribution in [1.29, 1.82) is 0 Å². The molecule has 2 rings (SSSR count). The van der Waals surface area contributed by atoms with Crippen molar-refractivity contribution in [3.05, 3.63) is 0 Å². The Bertz CT molecular complexity index is 323. The maximum atomic E-state index is 12.1. The van der Waals surface area contributed by atoms with E-state index in [4.69, 9.17) is 5.73 Å². The summed E-state index contributed by atoms with van der Waals surface area (Å²) in [6.45, 7) is 6.26. The van der Waals surface area contributed by atoms with Crippen LogP contribution in [0.25, 0.3) is 0 Å². The molecule has 2 saturated carbocycles. The second kappa shape index (κ2) is 5.80. The van der Waals surface area contributed by atoms with Gasteiger partial charge in [0.05, 0.1) is 0 Å². The first-order valence-electron chi connectivity index (χ1n) is 7.70. The van der Waals surface area contributed by atoms with Crippen LogP contribution in [0.5, 0.6) is 0 Å². The largest absolute Gasteiger partial charge is 0.368 e. The van der Waals surface area contributed by atoms with Gasteiger partial charge >= 0.3 is 0 Å². The highest BCUT2D eigenvalue weighted by atomic mass is 16.1. The zero-order valence-corrected chi connectivity index (χ0v) is 12.6. The third-order valence-electron chi connectivity index (χ3n) is 4.36. The van der Waals surface area contributed by atoms with Crippen LogP contribution in [0.1, 0.15) is 46.0 Å². The van der Waals surface area contributed by atoms with Crippen LogP contribution in [-0.4, -0.2) is 42.5 Å². The highest BCUT2D eigenvalue weighted by Crippen LogP contribution is 2.42. The number of carbonyl (C=O) groups excluding carboxylic acids is 1. The zero-order valence-electron chi connectivity index (χ0n) is 12.6. The Labute approximate surface area is 117 Å². The molecule has 1 atom stereocenters. The summed E-state index contributed by atoms with van der Waals surface area (Å²) in [4.78, 5) is 14.3. The average molecular weight is 267 g/mol. The fourth-order valence-electron chi connectivity index (χ4n) is 2.79. The number of rotatable bonds is 9. The molecule has 0 radical (unpaired) electrons. The molecule has 3 N–H and O–H groups in total. The minimum atomic E-state index is -0.479. The first-order valence-corrected chi connectivity index (χ1v) is 7.70. The number of amides is 1. The van der Waals surface area contributed by atoms with Gasteiger partial charge in [0, 0.05) is 12.6 Å². The van der Waals surface area contributed by atoms with Crippen molar-refractivity contribution in [1.82, 2.24) is 10.2 Å². The lowest BCUT2D eigenvalue weighted by Crippen LogP contribution is -2.63. The van der Waals surface area contributed by atoms with Gasteiger partial charge in [-0.15, -0.1) is 0 Å². The van der Waals surface area contributed by atoms with Gasteiger partial charge in [0.25, 0.3) is 0 Å². The van der Waals surface area contributed by atoms with E-state index in [1.165, 1.54) is 19.3 Å². The highest BCUT2D eigenvalue weighted by Gasteiger charge is 2.52. The predicted octanol–water partition coefficient (Wildman–Crippen LogP) is 1.35. The molecule has 2 aliphatic carbocycles. The first kappa shape index (κ1) is 14.8. The number of nitrogens with one attached hydrogen (secondary N) is 1. The van der Waals surface area contributed by atoms with E-state index >= 15 is 0 Å². The molecule has 0 aromatic rings. The predicted molar refractivity (Wildman–Crippen MR) is 77.8 cm³/mol. The van der Waals surface area contributed by atoms with Crippen molar-refractivity contribution in [2.75, 3.05) is 20.1 Å². The Morgan fingerprint density at radius 1 is 1.37 bits per heavy atom. The van der Waals surface area contributed by atoms with E-state index in [1.54, 1.807) is 0 Å². The van der Waals surface area contributed by atoms with E-state index < -0.39 is 5.54 Å². The summed E-state index contributed by atoms with van der Waals surface area (Å²) in [6.07, 6.45) is 5.83. The lowest BCUT2D eigenvalue weighted by atomic mass is 9.91. The number of likely N-dealkylation sites (N-methyl/N-ethyl adjacent to an activating group) is 1. The van der Waals surface area contributed by atoms with Gasteiger partial charge in [0.15, 0.2) is 0 Å². The SMILES string of the molecule is CC(C)CCN(C)CC(NC1CC1)(C(N)=O)C1CC1. The Hall–Kier alpha value is -0.610. The van der Waals surface area contributed by atoms with E-state index in [0.29, 0.717) is 17.9 Å². The van der Waals surface area contributed by atoms with Crippen LogP contribution < -0.4 is 11.1 Å².